The number of aryl methyl sites for hydroxylation is 2. The molecule has 1 unspecified atom stereocenters. The van der Waals surface area contributed by atoms with E-state index in [0.29, 0.717) is 11.4 Å². The number of anilines is 1. The third-order valence-corrected chi connectivity index (χ3v) is 5.68. The lowest BCUT2D eigenvalue weighted by Gasteiger charge is -2.15. The first-order chi connectivity index (χ1) is 8.81. The van der Waals surface area contributed by atoms with E-state index in [1.807, 2.05) is 46.2 Å². The Kier molecular flexibility index (Phi) is 5.70. The molecule has 108 valence electrons. The summed E-state index contributed by atoms with van der Waals surface area (Å²) in [6.45, 7) is 6.08. The standard InChI is InChI=1S/C13H22N2O2S2/c1-9-6-12(14-4)7-10(2)13(9)19(16,17)15-8-11(3)18-5/h6-7,11,14-15H,8H2,1-5H3. The number of nitrogens with one attached hydrogen (secondary N) is 2. The van der Waals surface area contributed by atoms with E-state index < -0.39 is 10.0 Å². The van der Waals surface area contributed by atoms with Crippen LogP contribution in [0.15, 0.2) is 17.0 Å². The molecule has 6 heteroatoms. The van der Waals surface area contributed by atoms with Gasteiger partial charge in [0.15, 0.2) is 0 Å². The monoisotopic (exact) mass is 302 g/mol. The van der Waals surface area contributed by atoms with Crippen molar-refractivity contribution in [1.82, 2.24) is 4.72 Å². The van der Waals surface area contributed by atoms with Crippen molar-refractivity contribution in [3.8, 4) is 0 Å². The number of hydrogen-bond donors (Lipinski definition) is 2. The summed E-state index contributed by atoms with van der Waals surface area (Å²) in [5.41, 5.74) is 2.44. The van der Waals surface area contributed by atoms with Gasteiger partial charge in [0, 0.05) is 24.5 Å². The van der Waals surface area contributed by atoms with Gasteiger partial charge in [0.05, 0.1) is 4.90 Å². The lowest BCUT2D eigenvalue weighted by Crippen LogP contribution is -2.30. The summed E-state index contributed by atoms with van der Waals surface area (Å²) in [6, 6.07) is 3.69. The molecule has 0 aliphatic carbocycles. The van der Waals surface area contributed by atoms with Crippen molar-refractivity contribution in [3.05, 3.63) is 23.3 Å². The molecular formula is C13H22N2O2S2. The zero-order valence-corrected chi connectivity index (χ0v) is 13.7. The molecule has 0 amide bonds. The molecule has 0 aliphatic heterocycles. The van der Waals surface area contributed by atoms with Crippen molar-refractivity contribution in [1.29, 1.82) is 0 Å². The highest BCUT2D eigenvalue weighted by Gasteiger charge is 2.20. The summed E-state index contributed by atoms with van der Waals surface area (Å²) in [5.74, 6) is 0. The Balaban J connectivity index is 3.08. The number of hydrogen-bond acceptors (Lipinski definition) is 4. The first kappa shape index (κ1) is 16.3. The number of thioether (sulfide) groups is 1. The van der Waals surface area contributed by atoms with Gasteiger partial charge >= 0.3 is 0 Å². The van der Waals surface area contributed by atoms with Crippen LogP contribution in [0.4, 0.5) is 5.69 Å². The first-order valence-electron chi connectivity index (χ1n) is 6.13. The molecule has 0 bridgehead atoms. The summed E-state index contributed by atoms with van der Waals surface area (Å²) in [6.07, 6.45) is 1.97. The normalized spacial score (nSPS) is 13.3. The number of rotatable bonds is 6. The van der Waals surface area contributed by atoms with Crippen LogP contribution in [0.2, 0.25) is 0 Å². The van der Waals surface area contributed by atoms with Crippen LogP contribution in [0.25, 0.3) is 0 Å². The molecule has 0 aliphatic rings. The molecule has 0 fully saturated rings. The van der Waals surface area contributed by atoms with Crippen molar-refractivity contribution in [2.24, 2.45) is 0 Å². The number of benzene rings is 1. The van der Waals surface area contributed by atoms with Crippen molar-refractivity contribution < 1.29 is 8.42 Å². The molecule has 1 aromatic carbocycles. The largest absolute Gasteiger partial charge is 0.388 e. The maximum Gasteiger partial charge on any atom is 0.241 e. The molecule has 1 aromatic rings. The topological polar surface area (TPSA) is 58.2 Å². The second kappa shape index (κ2) is 6.63. The van der Waals surface area contributed by atoms with Crippen LogP contribution in [-0.4, -0.2) is 33.5 Å². The van der Waals surface area contributed by atoms with Crippen molar-refractivity contribution in [2.75, 3.05) is 25.2 Å². The van der Waals surface area contributed by atoms with Crippen LogP contribution >= 0.6 is 11.8 Å². The average Bonchev–Trinajstić information content (AvgIpc) is 2.34. The smallest absolute Gasteiger partial charge is 0.241 e. The van der Waals surface area contributed by atoms with Gasteiger partial charge in [-0.15, -0.1) is 0 Å². The van der Waals surface area contributed by atoms with E-state index in [2.05, 4.69) is 10.0 Å². The second-order valence-corrected chi connectivity index (χ2v) is 7.57. The first-order valence-corrected chi connectivity index (χ1v) is 8.90. The Bertz CT molecular complexity index is 519. The molecule has 0 heterocycles. The van der Waals surface area contributed by atoms with Gasteiger partial charge < -0.3 is 5.32 Å². The van der Waals surface area contributed by atoms with E-state index in [-0.39, 0.29) is 5.25 Å². The number of sulfonamides is 1. The highest BCUT2D eigenvalue weighted by molar-refractivity contribution is 7.99. The van der Waals surface area contributed by atoms with E-state index in [1.54, 1.807) is 11.8 Å². The molecule has 1 rings (SSSR count). The third kappa shape index (κ3) is 4.12. The van der Waals surface area contributed by atoms with Gasteiger partial charge in [-0.3, -0.25) is 0 Å². The van der Waals surface area contributed by atoms with E-state index in [1.165, 1.54) is 0 Å². The van der Waals surface area contributed by atoms with E-state index in [0.717, 1.165) is 16.8 Å². The molecule has 19 heavy (non-hydrogen) atoms. The fraction of sp³-hybridized carbons (Fsp3) is 0.538. The average molecular weight is 302 g/mol. The molecule has 4 nitrogen and oxygen atoms in total. The van der Waals surface area contributed by atoms with Gasteiger partial charge in [-0.2, -0.15) is 11.8 Å². The van der Waals surface area contributed by atoms with Gasteiger partial charge in [0.25, 0.3) is 0 Å². The van der Waals surface area contributed by atoms with E-state index >= 15 is 0 Å². The molecule has 0 aromatic heterocycles. The van der Waals surface area contributed by atoms with Gasteiger partial charge in [0.2, 0.25) is 10.0 Å². The Labute approximate surface area is 120 Å². The molecular weight excluding hydrogens is 280 g/mol. The third-order valence-electron chi connectivity index (χ3n) is 2.98. The molecule has 2 N–H and O–H groups in total. The zero-order valence-electron chi connectivity index (χ0n) is 12.1. The predicted molar refractivity (Wildman–Crippen MR) is 83.6 cm³/mol. The van der Waals surface area contributed by atoms with Crippen LogP contribution in [0.1, 0.15) is 18.1 Å². The summed E-state index contributed by atoms with van der Waals surface area (Å²) < 4.78 is 27.4. The van der Waals surface area contributed by atoms with Crippen LogP contribution in [0, 0.1) is 13.8 Å². The Morgan fingerprint density at radius 2 is 1.79 bits per heavy atom. The van der Waals surface area contributed by atoms with Crippen LogP contribution in [0.5, 0.6) is 0 Å². The lowest BCUT2D eigenvalue weighted by atomic mass is 10.1. The molecule has 0 saturated heterocycles. The predicted octanol–water partition coefficient (Wildman–Crippen LogP) is 2.37. The Morgan fingerprint density at radius 3 is 2.21 bits per heavy atom. The van der Waals surface area contributed by atoms with Crippen LogP contribution in [-0.2, 0) is 10.0 Å². The van der Waals surface area contributed by atoms with E-state index in [4.69, 9.17) is 0 Å². The highest BCUT2D eigenvalue weighted by atomic mass is 32.2. The summed E-state index contributed by atoms with van der Waals surface area (Å²) >= 11 is 1.64. The Hall–Kier alpha value is -0.720. The zero-order chi connectivity index (χ0) is 14.6. The SMILES string of the molecule is CNc1cc(C)c(S(=O)(=O)NCC(C)SC)c(C)c1. The second-order valence-electron chi connectivity index (χ2n) is 4.59. The van der Waals surface area contributed by atoms with Gasteiger partial charge in [0.1, 0.15) is 0 Å². The summed E-state index contributed by atoms with van der Waals surface area (Å²) in [5, 5.41) is 3.28. The minimum atomic E-state index is -3.44. The van der Waals surface area contributed by atoms with Crippen molar-refractivity contribution in [3.63, 3.8) is 0 Å². The fourth-order valence-electron chi connectivity index (χ4n) is 1.90. The maximum absolute atomic E-state index is 12.4. The van der Waals surface area contributed by atoms with Crippen LogP contribution in [0.3, 0.4) is 0 Å². The van der Waals surface area contributed by atoms with Crippen molar-refractivity contribution in [2.45, 2.75) is 30.9 Å². The van der Waals surface area contributed by atoms with Gasteiger partial charge in [-0.25, -0.2) is 13.1 Å². The van der Waals surface area contributed by atoms with Gasteiger partial charge in [-0.1, -0.05) is 6.92 Å². The van der Waals surface area contributed by atoms with Crippen LogP contribution < -0.4 is 10.0 Å². The molecule has 0 saturated carbocycles. The minimum Gasteiger partial charge on any atom is -0.388 e. The fourth-order valence-corrected chi connectivity index (χ4v) is 3.84. The molecule has 0 spiro atoms. The summed E-state index contributed by atoms with van der Waals surface area (Å²) in [7, 11) is -1.62. The van der Waals surface area contributed by atoms with E-state index in [9.17, 15) is 8.42 Å². The molecule has 0 radical (unpaired) electrons. The van der Waals surface area contributed by atoms with Gasteiger partial charge in [-0.05, 0) is 43.4 Å². The maximum atomic E-state index is 12.4. The minimum absolute atomic E-state index is 0.256. The Morgan fingerprint density at radius 1 is 1.26 bits per heavy atom. The highest BCUT2D eigenvalue weighted by Crippen LogP contribution is 2.24. The van der Waals surface area contributed by atoms with Crippen molar-refractivity contribution >= 4 is 27.5 Å². The summed E-state index contributed by atoms with van der Waals surface area (Å²) in [4.78, 5) is 0.389. The molecule has 1 atom stereocenters. The lowest BCUT2D eigenvalue weighted by molar-refractivity contribution is 0.580. The quantitative estimate of drug-likeness (QED) is 0.847.